The summed E-state index contributed by atoms with van der Waals surface area (Å²) in [5.41, 5.74) is 1.21. The highest BCUT2D eigenvalue weighted by molar-refractivity contribution is 7.99. The molecule has 1 aromatic carbocycles. The number of carbonyl (C=O) groups is 1. The van der Waals surface area contributed by atoms with E-state index in [1.165, 1.54) is 5.56 Å². The summed E-state index contributed by atoms with van der Waals surface area (Å²) in [6, 6.07) is 8.19. The van der Waals surface area contributed by atoms with Crippen LogP contribution in [-0.2, 0) is 11.2 Å². The Morgan fingerprint density at radius 3 is 2.37 bits per heavy atom. The van der Waals surface area contributed by atoms with Crippen molar-refractivity contribution < 1.29 is 9.53 Å². The van der Waals surface area contributed by atoms with E-state index in [2.05, 4.69) is 6.92 Å². The van der Waals surface area contributed by atoms with E-state index in [1.807, 2.05) is 49.4 Å². The maximum absolute atomic E-state index is 12.1. The zero-order valence-corrected chi connectivity index (χ0v) is 13.2. The average molecular weight is 281 g/mol. The molecule has 0 aliphatic heterocycles. The summed E-state index contributed by atoms with van der Waals surface area (Å²) in [7, 11) is 3.54. The molecule has 19 heavy (non-hydrogen) atoms. The van der Waals surface area contributed by atoms with E-state index in [0.717, 1.165) is 12.2 Å². The molecule has 0 bridgehead atoms. The first-order valence-electron chi connectivity index (χ1n) is 6.42. The highest BCUT2D eigenvalue weighted by Crippen LogP contribution is 2.16. The van der Waals surface area contributed by atoms with Crippen molar-refractivity contribution in [3.8, 4) is 5.75 Å². The van der Waals surface area contributed by atoms with E-state index in [0.29, 0.717) is 0 Å². The van der Waals surface area contributed by atoms with Gasteiger partial charge in [0.1, 0.15) is 5.75 Å². The van der Waals surface area contributed by atoms with Gasteiger partial charge in [0.25, 0.3) is 0 Å². The molecule has 0 aromatic heterocycles. The Labute approximate surface area is 120 Å². The molecule has 0 N–H and O–H groups in total. The average Bonchev–Trinajstić information content (AvgIpc) is 2.45. The molecule has 4 heteroatoms. The third-order valence-electron chi connectivity index (χ3n) is 3.40. The molecule has 0 unspecified atom stereocenters. The molecule has 0 aliphatic rings. The number of thioether (sulfide) groups is 1. The topological polar surface area (TPSA) is 29.5 Å². The van der Waals surface area contributed by atoms with Crippen LogP contribution in [0.3, 0.4) is 0 Å². The van der Waals surface area contributed by atoms with Crippen molar-refractivity contribution in [3.05, 3.63) is 29.8 Å². The Morgan fingerprint density at radius 1 is 1.32 bits per heavy atom. The van der Waals surface area contributed by atoms with Crippen LogP contribution < -0.4 is 4.74 Å². The molecular weight excluding hydrogens is 258 g/mol. The monoisotopic (exact) mass is 281 g/mol. The Hall–Kier alpha value is -1.16. The Balaban J connectivity index is 2.62. The van der Waals surface area contributed by atoms with Gasteiger partial charge in [-0.25, -0.2) is 0 Å². The highest BCUT2D eigenvalue weighted by Gasteiger charge is 2.20. The van der Waals surface area contributed by atoms with Gasteiger partial charge in [-0.3, -0.25) is 4.79 Å². The van der Waals surface area contributed by atoms with Gasteiger partial charge in [-0.2, -0.15) is 11.8 Å². The van der Waals surface area contributed by atoms with E-state index >= 15 is 0 Å². The molecule has 0 heterocycles. The Kier molecular flexibility index (Phi) is 6.22. The van der Waals surface area contributed by atoms with E-state index in [9.17, 15) is 4.79 Å². The summed E-state index contributed by atoms with van der Waals surface area (Å²) < 4.78 is 5.14. The number of nitrogens with zero attached hydrogens (tertiary/aromatic N) is 1. The number of amides is 1. The third-order valence-corrected chi connectivity index (χ3v) is 4.31. The molecule has 0 spiro atoms. The van der Waals surface area contributed by atoms with Crippen LogP contribution in [0.4, 0.5) is 0 Å². The Morgan fingerprint density at radius 2 is 1.89 bits per heavy atom. The van der Waals surface area contributed by atoms with Gasteiger partial charge >= 0.3 is 0 Å². The number of methoxy groups -OCH3 is 1. The van der Waals surface area contributed by atoms with Crippen LogP contribution in [0.5, 0.6) is 5.75 Å². The number of likely N-dealkylation sites (N-methyl/N-ethyl adjacent to an activating group) is 1. The lowest BCUT2D eigenvalue weighted by Gasteiger charge is -2.27. The molecule has 0 radical (unpaired) electrons. The van der Waals surface area contributed by atoms with Gasteiger partial charge in [0.15, 0.2) is 0 Å². The van der Waals surface area contributed by atoms with Crippen molar-refractivity contribution in [1.82, 2.24) is 4.90 Å². The van der Waals surface area contributed by atoms with Crippen LogP contribution >= 0.6 is 11.8 Å². The second kappa shape index (κ2) is 7.43. The molecule has 0 saturated heterocycles. The molecule has 0 saturated carbocycles. The zero-order valence-electron chi connectivity index (χ0n) is 12.3. The van der Waals surface area contributed by atoms with Crippen molar-refractivity contribution >= 4 is 17.7 Å². The van der Waals surface area contributed by atoms with Crippen LogP contribution in [0.15, 0.2) is 24.3 Å². The SMILES string of the molecule is COc1ccc(C[C@H](C)N(C)C(=O)[C@H](C)SC)cc1. The minimum absolute atomic E-state index is 0.0170. The number of hydrogen-bond acceptors (Lipinski definition) is 3. The maximum Gasteiger partial charge on any atom is 0.235 e. The van der Waals surface area contributed by atoms with Crippen molar-refractivity contribution in [2.75, 3.05) is 20.4 Å². The van der Waals surface area contributed by atoms with Crippen molar-refractivity contribution in [2.24, 2.45) is 0 Å². The lowest BCUT2D eigenvalue weighted by Crippen LogP contribution is -2.40. The number of ether oxygens (including phenoxy) is 1. The summed E-state index contributed by atoms with van der Waals surface area (Å²) in [6.07, 6.45) is 2.82. The lowest BCUT2D eigenvalue weighted by atomic mass is 10.1. The van der Waals surface area contributed by atoms with Gasteiger partial charge in [-0.05, 0) is 44.2 Å². The van der Waals surface area contributed by atoms with Crippen molar-refractivity contribution in [2.45, 2.75) is 31.6 Å². The smallest absolute Gasteiger partial charge is 0.235 e. The predicted molar refractivity (Wildman–Crippen MR) is 81.9 cm³/mol. The quantitative estimate of drug-likeness (QED) is 0.803. The van der Waals surface area contributed by atoms with E-state index < -0.39 is 0 Å². The second-order valence-electron chi connectivity index (χ2n) is 4.73. The number of carbonyl (C=O) groups excluding carboxylic acids is 1. The highest BCUT2D eigenvalue weighted by atomic mass is 32.2. The first kappa shape index (κ1) is 15.9. The van der Waals surface area contributed by atoms with Gasteiger partial charge in [-0.1, -0.05) is 12.1 Å². The summed E-state index contributed by atoms with van der Waals surface area (Å²) in [5.74, 6) is 1.05. The van der Waals surface area contributed by atoms with Crippen molar-refractivity contribution in [1.29, 1.82) is 0 Å². The molecule has 3 nitrogen and oxygen atoms in total. The zero-order chi connectivity index (χ0) is 14.4. The Bertz CT molecular complexity index is 405. The normalized spacial score (nSPS) is 13.7. The summed E-state index contributed by atoms with van der Waals surface area (Å²) in [5, 5.41) is 0.0170. The minimum atomic E-state index is 0.0170. The molecule has 1 aromatic rings. The van der Waals surface area contributed by atoms with Gasteiger partial charge in [0, 0.05) is 13.1 Å². The van der Waals surface area contributed by atoms with Gasteiger partial charge in [0.05, 0.1) is 12.4 Å². The fourth-order valence-electron chi connectivity index (χ4n) is 1.84. The molecule has 106 valence electrons. The molecule has 0 fully saturated rings. The van der Waals surface area contributed by atoms with E-state index in [4.69, 9.17) is 4.74 Å². The van der Waals surface area contributed by atoms with Crippen molar-refractivity contribution in [3.63, 3.8) is 0 Å². The standard InChI is InChI=1S/C15H23NO2S/c1-11(16(3)15(17)12(2)19-5)10-13-6-8-14(18-4)9-7-13/h6-9,11-12H,10H2,1-5H3/t11-,12-/m0/s1. The lowest BCUT2D eigenvalue weighted by molar-refractivity contribution is -0.130. The van der Waals surface area contributed by atoms with Gasteiger partial charge in [0.2, 0.25) is 5.91 Å². The fourth-order valence-corrected chi connectivity index (χ4v) is 2.21. The predicted octanol–water partition coefficient (Wildman–Crippen LogP) is 2.84. The first-order valence-corrected chi connectivity index (χ1v) is 7.70. The fraction of sp³-hybridized carbons (Fsp3) is 0.533. The van der Waals surface area contributed by atoms with Crippen LogP contribution in [0.1, 0.15) is 19.4 Å². The maximum atomic E-state index is 12.1. The summed E-state index contributed by atoms with van der Waals surface area (Å²) >= 11 is 1.58. The summed E-state index contributed by atoms with van der Waals surface area (Å²) in [4.78, 5) is 13.9. The molecule has 2 atom stereocenters. The van der Waals surface area contributed by atoms with Crippen LogP contribution in [0, 0.1) is 0 Å². The molecular formula is C15H23NO2S. The number of rotatable bonds is 6. The second-order valence-corrected chi connectivity index (χ2v) is 5.91. The largest absolute Gasteiger partial charge is 0.497 e. The number of benzene rings is 1. The van der Waals surface area contributed by atoms with Crippen LogP contribution in [0.2, 0.25) is 0 Å². The van der Waals surface area contributed by atoms with Gasteiger partial charge in [-0.15, -0.1) is 0 Å². The van der Waals surface area contributed by atoms with Gasteiger partial charge < -0.3 is 9.64 Å². The summed E-state index contributed by atoms with van der Waals surface area (Å²) in [6.45, 7) is 4.03. The third kappa shape index (κ3) is 4.46. The molecule has 1 amide bonds. The first-order chi connectivity index (χ1) is 8.99. The number of hydrogen-bond donors (Lipinski definition) is 0. The van der Waals surface area contributed by atoms with Crippen LogP contribution in [-0.4, -0.2) is 42.5 Å². The van der Waals surface area contributed by atoms with Crippen LogP contribution in [0.25, 0.3) is 0 Å². The molecule has 0 aliphatic carbocycles. The molecule has 1 rings (SSSR count). The minimum Gasteiger partial charge on any atom is -0.497 e. The van der Waals surface area contributed by atoms with E-state index in [-0.39, 0.29) is 17.2 Å². The van der Waals surface area contributed by atoms with E-state index in [1.54, 1.807) is 18.9 Å².